The first-order valence-corrected chi connectivity index (χ1v) is 9.99. The van der Waals surface area contributed by atoms with Crippen molar-refractivity contribution in [2.75, 3.05) is 10.6 Å². The van der Waals surface area contributed by atoms with E-state index in [1.54, 1.807) is 18.2 Å². The Hall–Kier alpha value is -2.09. The zero-order valence-electron chi connectivity index (χ0n) is 15.5. The van der Waals surface area contributed by atoms with Gasteiger partial charge in [0.1, 0.15) is 5.82 Å². The Kier molecular flexibility index (Phi) is 6.59. The highest BCUT2D eigenvalue weighted by Crippen LogP contribution is 2.28. The van der Waals surface area contributed by atoms with E-state index in [9.17, 15) is 9.90 Å². The first-order chi connectivity index (χ1) is 13.4. The minimum Gasteiger partial charge on any atom is -0.393 e. The monoisotopic (exact) mass is 423 g/mol. The normalized spacial score (nSPS) is 19.3. The second-order valence-corrected chi connectivity index (χ2v) is 7.74. The van der Waals surface area contributed by atoms with Crippen molar-refractivity contribution in [2.45, 2.75) is 51.2 Å². The fraction of sp³-hybridized carbons (Fsp3) is 0.421. The van der Waals surface area contributed by atoms with Crippen molar-refractivity contribution in [3.05, 3.63) is 39.6 Å². The number of primary amides is 1. The number of aliphatic hydroxyl groups excluding tert-OH is 1. The summed E-state index contributed by atoms with van der Waals surface area (Å²) in [6.45, 7) is 1.94. The van der Waals surface area contributed by atoms with Crippen molar-refractivity contribution in [3.8, 4) is 0 Å². The summed E-state index contributed by atoms with van der Waals surface area (Å²) in [5, 5.41) is 17.1. The molecule has 0 atom stereocenters. The van der Waals surface area contributed by atoms with Crippen molar-refractivity contribution in [1.29, 1.82) is 0 Å². The van der Waals surface area contributed by atoms with Gasteiger partial charge in [0.15, 0.2) is 11.5 Å². The van der Waals surface area contributed by atoms with Crippen molar-refractivity contribution in [1.82, 2.24) is 9.97 Å². The van der Waals surface area contributed by atoms with E-state index >= 15 is 0 Å². The van der Waals surface area contributed by atoms with Crippen LogP contribution < -0.4 is 16.4 Å². The number of anilines is 3. The van der Waals surface area contributed by atoms with E-state index in [2.05, 4.69) is 20.6 Å². The zero-order chi connectivity index (χ0) is 20.3. The summed E-state index contributed by atoms with van der Waals surface area (Å²) >= 11 is 12.1. The van der Waals surface area contributed by atoms with Crippen LogP contribution in [-0.4, -0.2) is 33.1 Å². The van der Waals surface area contributed by atoms with Crippen LogP contribution >= 0.6 is 23.2 Å². The summed E-state index contributed by atoms with van der Waals surface area (Å²) in [4.78, 5) is 21.0. The molecule has 28 heavy (non-hydrogen) atoms. The first kappa shape index (κ1) is 20.6. The molecule has 0 spiro atoms. The lowest BCUT2D eigenvalue weighted by molar-refractivity contribution is 0.0996. The van der Waals surface area contributed by atoms with Crippen molar-refractivity contribution >= 4 is 46.4 Å². The molecule has 9 heteroatoms. The fourth-order valence-corrected chi connectivity index (χ4v) is 3.79. The number of amides is 1. The van der Waals surface area contributed by atoms with E-state index in [0.29, 0.717) is 33.7 Å². The Labute approximate surface area is 173 Å². The molecule has 3 rings (SSSR count). The molecule has 1 heterocycles. The molecule has 0 unspecified atom stereocenters. The maximum atomic E-state index is 11.9. The molecule has 2 aromatic rings. The number of benzene rings is 1. The number of hydrogen-bond acceptors (Lipinski definition) is 6. The Bertz CT molecular complexity index is 849. The second-order valence-electron chi connectivity index (χ2n) is 6.87. The third kappa shape index (κ3) is 5.04. The molecule has 1 fully saturated rings. The summed E-state index contributed by atoms with van der Waals surface area (Å²) in [5.41, 5.74) is 6.81. The van der Waals surface area contributed by atoms with Gasteiger partial charge in [0, 0.05) is 21.8 Å². The van der Waals surface area contributed by atoms with Crippen LogP contribution in [0.4, 0.5) is 17.3 Å². The average molecular weight is 424 g/mol. The predicted molar refractivity (Wildman–Crippen MR) is 112 cm³/mol. The number of nitrogens with two attached hydrogens (primary N) is 1. The Morgan fingerprint density at radius 1 is 1.14 bits per heavy atom. The molecule has 1 aromatic heterocycles. The molecule has 0 bridgehead atoms. The van der Waals surface area contributed by atoms with E-state index in [1.807, 2.05) is 6.92 Å². The number of hydrogen-bond donors (Lipinski definition) is 4. The predicted octanol–water partition coefficient (Wildman–Crippen LogP) is 3.90. The van der Waals surface area contributed by atoms with Crippen LogP contribution in [0.2, 0.25) is 10.0 Å². The van der Waals surface area contributed by atoms with Gasteiger partial charge in [-0.1, -0.05) is 30.1 Å². The zero-order valence-corrected chi connectivity index (χ0v) is 17.0. The summed E-state index contributed by atoms with van der Waals surface area (Å²) in [5.74, 6) is 0.163. The minimum atomic E-state index is -0.676. The maximum Gasteiger partial charge on any atom is 0.271 e. The largest absolute Gasteiger partial charge is 0.393 e. The molecule has 0 aliphatic heterocycles. The Balaban J connectivity index is 1.93. The van der Waals surface area contributed by atoms with Crippen molar-refractivity contribution in [2.24, 2.45) is 5.73 Å². The lowest BCUT2D eigenvalue weighted by atomic mass is 9.93. The SMILES string of the molecule is CCc1nc(C(N)=O)c(Nc2cc(Cl)cc(Cl)c2)nc1NC1CCC(O)CC1. The molecule has 1 aromatic carbocycles. The van der Waals surface area contributed by atoms with Gasteiger partial charge < -0.3 is 21.5 Å². The van der Waals surface area contributed by atoms with E-state index in [-0.39, 0.29) is 23.7 Å². The van der Waals surface area contributed by atoms with Crippen LogP contribution in [0.25, 0.3) is 0 Å². The minimum absolute atomic E-state index is 0.0533. The van der Waals surface area contributed by atoms with Crippen LogP contribution in [-0.2, 0) is 6.42 Å². The van der Waals surface area contributed by atoms with Gasteiger partial charge in [0.05, 0.1) is 11.8 Å². The molecule has 1 amide bonds. The molecular weight excluding hydrogens is 401 g/mol. The van der Waals surface area contributed by atoms with E-state index < -0.39 is 5.91 Å². The molecule has 0 radical (unpaired) electrons. The summed E-state index contributed by atoms with van der Waals surface area (Å²) in [6.07, 6.45) is 3.54. The van der Waals surface area contributed by atoms with Crippen LogP contribution in [0.3, 0.4) is 0 Å². The molecular formula is C19H23Cl2N5O2. The highest BCUT2D eigenvalue weighted by atomic mass is 35.5. The summed E-state index contributed by atoms with van der Waals surface area (Å²) in [6, 6.07) is 5.14. The van der Waals surface area contributed by atoms with Gasteiger partial charge >= 0.3 is 0 Å². The molecule has 1 saturated carbocycles. The van der Waals surface area contributed by atoms with E-state index in [0.717, 1.165) is 25.7 Å². The molecule has 150 valence electrons. The number of rotatable bonds is 6. The topological polar surface area (TPSA) is 113 Å². The maximum absolute atomic E-state index is 11.9. The van der Waals surface area contributed by atoms with Gasteiger partial charge in [0.2, 0.25) is 0 Å². The lowest BCUT2D eigenvalue weighted by Crippen LogP contribution is -2.29. The Morgan fingerprint density at radius 3 is 2.36 bits per heavy atom. The number of aryl methyl sites for hydroxylation is 1. The van der Waals surface area contributed by atoms with Crippen molar-refractivity contribution in [3.63, 3.8) is 0 Å². The van der Waals surface area contributed by atoms with Gasteiger partial charge in [-0.05, 0) is 50.3 Å². The number of halogens is 2. The van der Waals surface area contributed by atoms with Gasteiger partial charge in [-0.3, -0.25) is 4.79 Å². The van der Waals surface area contributed by atoms with Crippen LogP contribution in [0.5, 0.6) is 0 Å². The van der Waals surface area contributed by atoms with E-state index in [4.69, 9.17) is 28.9 Å². The van der Waals surface area contributed by atoms with Crippen LogP contribution in [0, 0.1) is 0 Å². The number of nitrogens with one attached hydrogen (secondary N) is 2. The van der Waals surface area contributed by atoms with Gasteiger partial charge in [-0.25, -0.2) is 9.97 Å². The number of aliphatic hydroxyl groups is 1. The average Bonchev–Trinajstić information content (AvgIpc) is 2.62. The number of nitrogens with zero attached hydrogens (tertiary/aromatic N) is 2. The third-order valence-corrected chi connectivity index (χ3v) is 5.14. The smallest absolute Gasteiger partial charge is 0.271 e. The molecule has 1 aliphatic carbocycles. The lowest BCUT2D eigenvalue weighted by Gasteiger charge is -2.27. The van der Waals surface area contributed by atoms with E-state index in [1.165, 1.54) is 0 Å². The van der Waals surface area contributed by atoms with Gasteiger partial charge in [-0.15, -0.1) is 0 Å². The highest BCUT2D eigenvalue weighted by Gasteiger charge is 2.23. The summed E-state index contributed by atoms with van der Waals surface area (Å²) in [7, 11) is 0. The van der Waals surface area contributed by atoms with Gasteiger partial charge in [-0.2, -0.15) is 0 Å². The number of carbonyl (C=O) groups is 1. The highest BCUT2D eigenvalue weighted by molar-refractivity contribution is 6.35. The molecule has 5 N–H and O–H groups in total. The van der Waals surface area contributed by atoms with Gasteiger partial charge in [0.25, 0.3) is 5.91 Å². The van der Waals surface area contributed by atoms with Crippen molar-refractivity contribution < 1.29 is 9.90 Å². The first-order valence-electron chi connectivity index (χ1n) is 9.24. The molecule has 7 nitrogen and oxygen atoms in total. The van der Waals surface area contributed by atoms with Crippen LogP contribution in [0.15, 0.2) is 18.2 Å². The number of aromatic nitrogens is 2. The summed E-state index contributed by atoms with van der Waals surface area (Å²) < 4.78 is 0. The Morgan fingerprint density at radius 2 is 1.79 bits per heavy atom. The molecule has 1 aliphatic rings. The quantitative estimate of drug-likeness (QED) is 0.560. The standard InChI is InChI=1S/C19H23Cl2N5O2/c1-2-15-18(23-12-3-5-14(27)6-4-12)26-19(16(25-15)17(22)28)24-13-8-10(20)7-11(21)9-13/h7-9,12,14,27H,2-6H2,1H3,(H2,22,28)(H2,23,24,26). The fourth-order valence-electron chi connectivity index (χ4n) is 3.27. The molecule has 0 saturated heterocycles. The third-order valence-electron chi connectivity index (χ3n) is 4.70. The second kappa shape index (κ2) is 8.94. The number of carbonyl (C=O) groups excluding carboxylic acids is 1. The van der Waals surface area contributed by atoms with Crippen LogP contribution in [0.1, 0.15) is 48.8 Å².